The van der Waals surface area contributed by atoms with Crippen LogP contribution in [0, 0.1) is 0 Å². The SMILES string of the molecule is CSCC(=O)c1ccc(Br)o1. The maximum absolute atomic E-state index is 11.1. The molecule has 0 spiro atoms. The molecular weight excluding hydrogens is 228 g/mol. The Hall–Kier alpha value is -0.220. The van der Waals surface area contributed by atoms with Gasteiger partial charge in [0.1, 0.15) is 0 Å². The highest BCUT2D eigenvalue weighted by Gasteiger charge is 2.08. The van der Waals surface area contributed by atoms with Gasteiger partial charge in [0.2, 0.25) is 5.78 Å². The highest BCUT2D eigenvalue weighted by atomic mass is 79.9. The van der Waals surface area contributed by atoms with E-state index in [9.17, 15) is 4.79 Å². The van der Waals surface area contributed by atoms with E-state index in [2.05, 4.69) is 15.9 Å². The molecule has 60 valence electrons. The molecule has 2 nitrogen and oxygen atoms in total. The Balaban J connectivity index is 2.69. The van der Waals surface area contributed by atoms with Crippen LogP contribution in [0.25, 0.3) is 0 Å². The van der Waals surface area contributed by atoms with Gasteiger partial charge in [-0.1, -0.05) is 0 Å². The van der Waals surface area contributed by atoms with Crippen LogP contribution in [0.15, 0.2) is 21.2 Å². The van der Waals surface area contributed by atoms with Crippen LogP contribution in [0.4, 0.5) is 0 Å². The van der Waals surface area contributed by atoms with Gasteiger partial charge in [0.05, 0.1) is 5.75 Å². The molecule has 0 fully saturated rings. The molecule has 4 heteroatoms. The summed E-state index contributed by atoms with van der Waals surface area (Å²) in [6, 6.07) is 3.39. The van der Waals surface area contributed by atoms with Crippen LogP contribution in [0.5, 0.6) is 0 Å². The Kier molecular flexibility index (Phi) is 3.20. The third-order valence-corrected chi connectivity index (χ3v) is 2.10. The summed E-state index contributed by atoms with van der Waals surface area (Å²) in [5, 5.41) is 0. The van der Waals surface area contributed by atoms with Crippen LogP contribution >= 0.6 is 27.7 Å². The van der Waals surface area contributed by atoms with E-state index in [0.29, 0.717) is 16.2 Å². The second kappa shape index (κ2) is 3.97. The summed E-state index contributed by atoms with van der Waals surface area (Å²) in [5.74, 6) is 0.925. The zero-order valence-electron chi connectivity index (χ0n) is 5.96. The molecule has 0 unspecified atom stereocenters. The molecule has 0 aliphatic heterocycles. The molecular formula is C7H7BrO2S. The lowest BCUT2D eigenvalue weighted by atomic mass is 10.3. The molecule has 1 aromatic rings. The van der Waals surface area contributed by atoms with Gasteiger partial charge in [0, 0.05) is 0 Å². The average Bonchev–Trinajstić information content (AvgIpc) is 2.36. The van der Waals surface area contributed by atoms with Crippen LogP contribution in [0.2, 0.25) is 0 Å². The molecule has 1 heterocycles. The summed E-state index contributed by atoms with van der Waals surface area (Å²) >= 11 is 4.61. The summed E-state index contributed by atoms with van der Waals surface area (Å²) < 4.78 is 5.65. The lowest BCUT2D eigenvalue weighted by Crippen LogP contribution is -1.99. The fourth-order valence-electron chi connectivity index (χ4n) is 0.666. The summed E-state index contributed by atoms with van der Waals surface area (Å²) in [7, 11) is 0. The van der Waals surface area contributed by atoms with Gasteiger partial charge in [-0.15, -0.1) is 0 Å². The monoisotopic (exact) mass is 234 g/mol. The molecule has 1 aromatic heterocycles. The third kappa shape index (κ3) is 2.38. The normalized spacial score (nSPS) is 10.0. The van der Waals surface area contributed by atoms with Gasteiger partial charge in [0.25, 0.3) is 0 Å². The first-order chi connectivity index (χ1) is 5.24. The number of carbonyl (C=O) groups excluding carboxylic acids is 1. The number of thioether (sulfide) groups is 1. The minimum atomic E-state index is 0.0307. The van der Waals surface area contributed by atoms with Crippen LogP contribution in [-0.2, 0) is 0 Å². The van der Waals surface area contributed by atoms with Crippen LogP contribution < -0.4 is 0 Å². The molecule has 0 bridgehead atoms. The summed E-state index contributed by atoms with van der Waals surface area (Å²) in [5.41, 5.74) is 0. The first-order valence-electron chi connectivity index (χ1n) is 3.01. The maximum atomic E-state index is 11.1. The number of ketones is 1. The standard InChI is InChI=1S/C7H7BrO2S/c1-11-4-5(9)6-2-3-7(8)10-6/h2-3H,4H2,1H3. The maximum Gasteiger partial charge on any atom is 0.207 e. The van der Waals surface area contributed by atoms with Gasteiger partial charge in [-0.25, -0.2) is 0 Å². The van der Waals surface area contributed by atoms with E-state index in [-0.39, 0.29) is 5.78 Å². The van der Waals surface area contributed by atoms with Crippen molar-refractivity contribution in [3.63, 3.8) is 0 Å². The molecule has 0 radical (unpaired) electrons. The minimum absolute atomic E-state index is 0.0307. The lowest BCUT2D eigenvalue weighted by Gasteiger charge is -1.90. The molecule has 0 aliphatic rings. The summed E-state index contributed by atoms with van der Waals surface area (Å²) in [6.07, 6.45) is 1.88. The van der Waals surface area contributed by atoms with E-state index < -0.39 is 0 Å². The van der Waals surface area contributed by atoms with Crippen molar-refractivity contribution in [3.05, 3.63) is 22.6 Å². The Bertz CT molecular complexity index is 257. The van der Waals surface area contributed by atoms with Crippen LogP contribution in [-0.4, -0.2) is 17.8 Å². The zero-order chi connectivity index (χ0) is 8.27. The number of hydrogen-bond donors (Lipinski definition) is 0. The molecule has 0 saturated carbocycles. The van der Waals surface area contributed by atoms with Crippen molar-refractivity contribution in [2.75, 3.05) is 12.0 Å². The Morgan fingerprint density at radius 2 is 2.45 bits per heavy atom. The number of Topliss-reactive ketones (excluding diaryl/α,β-unsaturated/α-hetero) is 1. The number of furan rings is 1. The smallest absolute Gasteiger partial charge is 0.207 e. The van der Waals surface area contributed by atoms with Crippen molar-refractivity contribution >= 4 is 33.5 Å². The molecule has 0 atom stereocenters. The van der Waals surface area contributed by atoms with Gasteiger partial charge in [0.15, 0.2) is 10.4 Å². The van der Waals surface area contributed by atoms with Gasteiger partial charge in [-0.3, -0.25) is 4.79 Å². The average molecular weight is 235 g/mol. The molecule has 0 aliphatic carbocycles. The molecule has 0 aromatic carbocycles. The van der Waals surface area contributed by atoms with E-state index in [1.165, 1.54) is 11.8 Å². The molecule has 0 amide bonds. The van der Waals surface area contributed by atoms with E-state index in [1.54, 1.807) is 12.1 Å². The number of halogens is 1. The third-order valence-electron chi connectivity index (χ3n) is 1.12. The summed E-state index contributed by atoms with van der Waals surface area (Å²) in [4.78, 5) is 11.1. The fourth-order valence-corrected chi connectivity index (χ4v) is 1.38. The van der Waals surface area contributed by atoms with Crippen molar-refractivity contribution in [1.29, 1.82) is 0 Å². The highest BCUT2D eigenvalue weighted by Crippen LogP contribution is 2.15. The van der Waals surface area contributed by atoms with Crippen molar-refractivity contribution < 1.29 is 9.21 Å². The van der Waals surface area contributed by atoms with Crippen molar-refractivity contribution in [3.8, 4) is 0 Å². The largest absolute Gasteiger partial charge is 0.446 e. The Labute approximate surface area is 77.5 Å². The van der Waals surface area contributed by atoms with Crippen molar-refractivity contribution in [1.82, 2.24) is 0 Å². The second-order valence-electron chi connectivity index (χ2n) is 1.96. The molecule has 11 heavy (non-hydrogen) atoms. The zero-order valence-corrected chi connectivity index (χ0v) is 8.37. The summed E-state index contributed by atoms with van der Waals surface area (Å²) in [6.45, 7) is 0. The van der Waals surface area contributed by atoms with Gasteiger partial charge in [-0.2, -0.15) is 11.8 Å². The van der Waals surface area contributed by atoms with E-state index >= 15 is 0 Å². The number of hydrogen-bond acceptors (Lipinski definition) is 3. The number of carbonyl (C=O) groups is 1. The molecule has 0 N–H and O–H groups in total. The highest BCUT2D eigenvalue weighted by molar-refractivity contribution is 9.10. The quantitative estimate of drug-likeness (QED) is 0.754. The van der Waals surface area contributed by atoms with E-state index in [1.807, 2.05) is 6.26 Å². The topological polar surface area (TPSA) is 30.2 Å². The Morgan fingerprint density at radius 1 is 1.73 bits per heavy atom. The minimum Gasteiger partial charge on any atom is -0.446 e. The second-order valence-corrected chi connectivity index (χ2v) is 3.61. The van der Waals surface area contributed by atoms with Crippen LogP contribution in [0.3, 0.4) is 0 Å². The van der Waals surface area contributed by atoms with Crippen LogP contribution in [0.1, 0.15) is 10.6 Å². The van der Waals surface area contributed by atoms with E-state index in [4.69, 9.17) is 4.42 Å². The first-order valence-corrected chi connectivity index (χ1v) is 5.20. The van der Waals surface area contributed by atoms with Gasteiger partial charge in [-0.05, 0) is 34.3 Å². The predicted molar refractivity (Wildman–Crippen MR) is 49.1 cm³/mol. The predicted octanol–water partition coefficient (Wildman–Crippen LogP) is 2.59. The molecule has 1 rings (SSSR count). The molecule has 0 saturated heterocycles. The number of rotatable bonds is 3. The van der Waals surface area contributed by atoms with Crippen molar-refractivity contribution in [2.45, 2.75) is 0 Å². The fraction of sp³-hybridized carbons (Fsp3) is 0.286. The first kappa shape index (κ1) is 8.87. The van der Waals surface area contributed by atoms with Gasteiger partial charge >= 0.3 is 0 Å². The van der Waals surface area contributed by atoms with E-state index in [0.717, 1.165) is 0 Å². The van der Waals surface area contributed by atoms with Gasteiger partial charge < -0.3 is 4.42 Å². The Morgan fingerprint density at radius 3 is 2.91 bits per heavy atom. The lowest BCUT2D eigenvalue weighted by molar-refractivity contribution is 0.0991. The van der Waals surface area contributed by atoms with Crippen molar-refractivity contribution in [2.24, 2.45) is 0 Å².